The van der Waals surface area contributed by atoms with Crippen LogP contribution in [0.3, 0.4) is 0 Å². The Morgan fingerprint density at radius 2 is 2.11 bits per heavy atom. The molecule has 1 aromatic carbocycles. The number of phenolic OH excluding ortho intramolecular Hbond substituents is 1. The summed E-state index contributed by atoms with van der Waals surface area (Å²) < 4.78 is 4.99. The minimum Gasteiger partial charge on any atom is -0.506 e. The van der Waals surface area contributed by atoms with Gasteiger partial charge in [-0.05, 0) is 11.6 Å². The molecule has 19 heavy (non-hydrogen) atoms. The van der Waals surface area contributed by atoms with E-state index in [1.807, 2.05) is 24.3 Å². The number of aromatic nitrogens is 1. The summed E-state index contributed by atoms with van der Waals surface area (Å²) in [6, 6.07) is 9.06. The van der Waals surface area contributed by atoms with Gasteiger partial charge in [0.25, 0.3) is 0 Å². The van der Waals surface area contributed by atoms with Crippen molar-refractivity contribution in [1.29, 1.82) is 0 Å². The molecule has 2 aromatic rings. The summed E-state index contributed by atoms with van der Waals surface area (Å²) in [5, 5.41) is 13.4. The molecule has 0 aliphatic heterocycles. The first-order valence-corrected chi connectivity index (χ1v) is 6.24. The Morgan fingerprint density at radius 3 is 2.79 bits per heavy atom. The minimum absolute atomic E-state index is 0.129. The number of pyridine rings is 1. The number of ether oxygens (including phenoxy) is 1. The second kappa shape index (κ2) is 6.41. The van der Waals surface area contributed by atoms with Crippen LogP contribution in [0, 0.1) is 0 Å². The molecule has 1 heterocycles. The fourth-order valence-corrected chi connectivity index (χ4v) is 1.87. The van der Waals surface area contributed by atoms with E-state index in [1.54, 1.807) is 19.4 Å². The van der Waals surface area contributed by atoms with Gasteiger partial charge < -0.3 is 15.2 Å². The van der Waals surface area contributed by atoms with Crippen molar-refractivity contribution >= 4 is 11.6 Å². The molecule has 4 nitrogen and oxygen atoms in total. The van der Waals surface area contributed by atoms with Crippen LogP contribution >= 0.6 is 11.6 Å². The first kappa shape index (κ1) is 13.6. The molecule has 0 atom stereocenters. The van der Waals surface area contributed by atoms with Crippen molar-refractivity contribution < 1.29 is 9.84 Å². The molecule has 0 radical (unpaired) electrons. The van der Waals surface area contributed by atoms with Crippen LogP contribution in [0.4, 0.5) is 0 Å². The molecule has 0 spiro atoms. The quantitative estimate of drug-likeness (QED) is 0.883. The lowest BCUT2D eigenvalue weighted by molar-refractivity contribution is 0.397. The summed E-state index contributed by atoms with van der Waals surface area (Å²) in [5.74, 6) is 0.723. The fourth-order valence-electron chi connectivity index (χ4n) is 1.68. The van der Waals surface area contributed by atoms with E-state index in [0.29, 0.717) is 24.0 Å². The summed E-state index contributed by atoms with van der Waals surface area (Å²) in [6.07, 6.45) is 1.75. The number of nitrogens with zero attached hydrogens (tertiary/aromatic N) is 1. The van der Waals surface area contributed by atoms with E-state index < -0.39 is 0 Å². The van der Waals surface area contributed by atoms with Crippen molar-refractivity contribution in [2.24, 2.45) is 0 Å². The van der Waals surface area contributed by atoms with E-state index in [1.165, 1.54) is 0 Å². The molecule has 100 valence electrons. The standard InChI is InChI=1S/C14H15ClN2O2/c1-19-13-6-5-10(8-17-13)7-16-9-11-3-2-4-12(15)14(11)18/h2-6,8,16,18H,7,9H2,1H3. The Morgan fingerprint density at radius 1 is 1.26 bits per heavy atom. The first-order valence-electron chi connectivity index (χ1n) is 5.86. The molecule has 0 saturated heterocycles. The lowest BCUT2D eigenvalue weighted by Crippen LogP contribution is -2.13. The largest absolute Gasteiger partial charge is 0.506 e. The summed E-state index contributed by atoms with van der Waals surface area (Å²) in [4.78, 5) is 4.12. The van der Waals surface area contributed by atoms with Gasteiger partial charge in [0.05, 0.1) is 12.1 Å². The van der Waals surface area contributed by atoms with Gasteiger partial charge in [-0.2, -0.15) is 0 Å². The highest BCUT2D eigenvalue weighted by Gasteiger charge is 2.04. The normalized spacial score (nSPS) is 10.4. The number of benzene rings is 1. The number of aromatic hydroxyl groups is 1. The van der Waals surface area contributed by atoms with E-state index in [9.17, 15) is 5.11 Å². The van der Waals surface area contributed by atoms with Crippen LogP contribution < -0.4 is 10.1 Å². The molecule has 0 amide bonds. The monoisotopic (exact) mass is 278 g/mol. The van der Waals surface area contributed by atoms with E-state index in [0.717, 1.165) is 11.1 Å². The van der Waals surface area contributed by atoms with E-state index in [4.69, 9.17) is 16.3 Å². The molecule has 2 N–H and O–H groups in total. The van der Waals surface area contributed by atoms with Crippen LogP contribution in [0.5, 0.6) is 11.6 Å². The average molecular weight is 279 g/mol. The first-order chi connectivity index (χ1) is 9.20. The second-order valence-corrected chi connectivity index (χ2v) is 4.47. The highest BCUT2D eigenvalue weighted by atomic mass is 35.5. The van der Waals surface area contributed by atoms with Crippen LogP contribution in [0.1, 0.15) is 11.1 Å². The van der Waals surface area contributed by atoms with E-state index >= 15 is 0 Å². The molecule has 5 heteroatoms. The maximum Gasteiger partial charge on any atom is 0.212 e. The molecule has 0 unspecified atom stereocenters. The number of rotatable bonds is 5. The zero-order chi connectivity index (χ0) is 13.7. The Bertz CT molecular complexity index is 544. The number of nitrogens with one attached hydrogen (secondary N) is 1. The van der Waals surface area contributed by atoms with E-state index in [-0.39, 0.29) is 5.75 Å². The topological polar surface area (TPSA) is 54.4 Å². The molecule has 0 saturated carbocycles. The number of halogens is 1. The minimum atomic E-state index is 0.129. The molecule has 0 aliphatic carbocycles. The van der Waals surface area contributed by atoms with Crippen LogP contribution in [0.2, 0.25) is 5.02 Å². The third kappa shape index (κ3) is 3.59. The van der Waals surface area contributed by atoms with Crippen LogP contribution in [0.15, 0.2) is 36.5 Å². The van der Waals surface area contributed by atoms with Gasteiger partial charge >= 0.3 is 0 Å². The van der Waals surface area contributed by atoms with Crippen LogP contribution in [0.25, 0.3) is 0 Å². The van der Waals surface area contributed by atoms with Gasteiger partial charge in [-0.15, -0.1) is 0 Å². The van der Waals surface area contributed by atoms with Crippen molar-refractivity contribution in [2.75, 3.05) is 7.11 Å². The molecule has 1 aromatic heterocycles. The van der Waals surface area contributed by atoms with Crippen LogP contribution in [-0.2, 0) is 13.1 Å². The maximum atomic E-state index is 9.76. The van der Waals surface area contributed by atoms with Gasteiger partial charge in [-0.3, -0.25) is 0 Å². The van der Waals surface area contributed by atoms with Gasteiger partial charge in [-0.1, -0.05) is 29.8 Å². The molecule has 0 fully saturated rings. The number of methoxy groups -OCH3 is 1. The molecule has 0 aliphatic rings. The molecule has 0 bridgehead atoms. The summed E-state index contributed by atoms with van der Waals surface area (Å²) in [5.41, 5.74) is 1.82. The van der Waals surface area contributed by atoms with Crippen molar-refractivity contribution in [2.45, 2.75) is 13.1 Å². The highest BCUT2D eigenvalue weighted by Crippen LogP contribution is 2.26. The summed E-state index contributed by atoms with van der Waals surface area (Å²) >= 11 is 5.84. The number of hydrogen-bond donors (Lipinski definition) is 2. The van der Waals surface area contributed by atoms with Crippen molar-refractivity contribution in [1.82, 2.24) is 10.3 Å². The predicted molar refractivity (Wildman–Crippen MR) is 74.4 cm³/mol. The Labute approximate surface area is 117 Å². The highest BCUT2D eigenvalue weighted by molar-refractivity contribution is 6.32. The maximum absolute atomic E-state index is 9.76. The summed E-state index contributed by atoms with van der Waals surface area (Å²) in [7, 11) is 1.59. The molecular formula is C14H15ClN2O2. The van der Waals surface area contributed by atoms with Gasteiger partial charge in [0, 0.05) is 30.9 Å². The zero-order valence-corrected chi connectivity index (χ0v) is 11.3. The Hall–Kier alpha value is -1.78. The number of hydrogen-bond acceptors (Lipinski definition) is 4. The van der Waals surface area contributed by atoms with Crippen molar-refractivity contribution in [3.05, 3.63) is 52.7 Å². The number of phenols is 1. The van der Waals surface area contributed by atoms with Gasteiger partial charge in [0.1, 0.15) is 5.75 Å². The second-order valence-electron chi connectivity index (χ2n) is 4.06. The molecular weight excluding hydrogens is 264 g/mol. The van der Waals surface area contributed by atoms with Crippen LogP contribution in [-0.4, -0.2) is 17.2 Å². The third-order valence-corrected chi connectivity index (χ3v) is 3.03. The summed E-state index contributed by atoms with van der Waals surface area (Å²) in [6.45, 7) is 1.20. The smallest absolute Gasteiger partial charge is 0.212 e. The molecule has 2 rings (SSSR count). The predicted octanol–water partition coefficient (Wildman–Crippen LogP) is 2.74. The van der Waals surface area contributed by atoms with Gasteiger partial charge in [0.2, 0.25) is 5.88 Å². The zero-order valence-electron chi connectivity index (χ0n) is 10.6. The average Bonchev–Trinajstić information content (AvgIpc) is 2.44. The lowest BCUT2D eigenvalue weighted by atomic mass is 10.2. The SMILES string of the molecule is COc1ccc(CNCc2cccc(Cl)c2O)cn1. The third-order valence-electron chi connectivity index (χ3n) is 2.72. The fraction of sp³-hybridized carbons (Fsp3) is 0.214. The number of para-hydroxylation sites is 1. The Kier molecular flexibility index (Phi) is 4.60. The van der Waals surface area contributed by atoms with Gasteiger partial charge in [-0.25, -0.2) is 4.98 Å². The Balaban J connectivity index is 1.90. The van der Waals surface area contributed by atoms with Gasteiger partial charge in [0.15, 0.2) is 0 Å². The lowest BCUT2D eigenvalue weighted by Gasteiger charge is -2.08. The van der Waals surface area contributed by atoms with E-state index in [2.05, 4.69) is 10.3 Å². The van der Waals surface area contributed by atoms with Crippen molar-refractivity contribution in [3.63, 3.8) is 0 Å². The van der Waals surface area contributed by atoms with Crippen molar-refractivity contribution in [3.8, 4) is 11.6 Å².